The quantitative estimate of drug-likeness (QED) is 0.181. The van der Waals surface area contributed by atoms with Crippen LogP contribution < -0.4 is 10.6 Å². The number of fused-ring (bicyclic) bond motifs is 5. The molecule has 4 aliphatic rings. The van der Waals surface area contributed by atoms with Crippen LogP contribution in [0, 0.1) is 40.4 Å². The molecule has 0 aromatic heterocycles. The number of carboxylic acid groups (broad SMARTS) is 1. The summed E-state index contributed by atoms with van der Waals surface area (Å²) in [5.74, 6) is -4.42. The molecule has 3 fully saturated rings. The van der Waals surface area contributed by atoms with E-state index in [4.69, 9.17) is 4.74 Å². The normalized spacial score (nSPS) is 34.4. The lowest BCUT2D eigenvalue weighted by molar-refractivity contribution is -0.184. The van der Waals surface area contributed by atoms with Crippen LogP contribution in [0.15, 0.2) is 11.6 Å². The highest BCUT2D eigenvalue weighted by Crippen LogP contribution is 2.67. The number of ketones is 2. The number of aliphatic hydroxyl groups is 2. The smallest absolute Gasteiger partial charge is 0.326 e. The lowest BCUT2D eigenvalue weighted by Crippen LogP contribution is -2.62. The summed E-state index contributed by atoms with van der Waals surface area (Å²) in [6.07, 6.45) is 4.52. The summed E-state index contributed by atoms with van der Waals surface area (Å²) < 4.78 is 5.23. The van der Waals surface area contributed by atoms with E-state index in [1.807, 2.05) is 13.8 Å². The molecule has 0 saturated heterocycles. The Hall–Kier alpha value is -3.12. The topological polar surface area (TPSA) is 196 Å². The Labute approximate surface area is 282 Å². The number of carbonyl (C=O) groups is 6. The molecule has 0 aromatic carbocycles. The largest absolute Gasteiger partial charge is 0.480 e. The number of amides is 2. The van der Waals surface area contributed by atoms with Crippen LogP contribution in [0.3, 0.4) is 0 Å². The third-order valence-corrected chi connectivity index (χ3v) is 12.5. The highest BCUT2D eigenvalue weighted by atomic mass is 16.5. The van der Waals surface area contributed by atoms with Gasteiger partial charge in [0, 0.05) is 18.3 Å². The maximum absolute atomic E-state index is 13.5. The lowest BCUT2D eigenvalue weighted by atomic mass is 9.45. The van der Waals surface area contributed by atoms with Crippen molar-refractivity contribution < 1.29 is 48.8 Å². The van der Waals surface area contributed by atoms with Crippen LogP contribution in [0.2, 0.25) is 0 Å². The minimum Gasteiger partial charge on any atom is -0.480 e. The zero-order valence-corrected chi connectivity index (χ0v) is 29.2. The number of hydrogen-bond donors (Lipinski definition) is 5. The lowest BCUT2D eigenvalue weighted by Gasteiger charge is -2.60. The molecule has 10 atom stereocenters. The van der Waals surface area contributed by atoms with Gasteiger partial charge in [-0.05, 0) is 79.6 Å². The number of ether oxygens (including phenoxy) is 1. The molecule has 0 aromatic rings. The second kappa shape index (κ2) is 14.4. The number of esters is 1. The van der Waals surface area contributed by atoms with Crippen LogP contribution in [0.1, 0.15) is 106 Å². The SMILES string of the molecule is CC[C@H](C)[C@H](NC(=O)[C@H](NC(=O)CCC(=O)OCC(=O)[C@@]1(O)CC[C@@H]2[C@@H]3CCC4=CC(=O)CC[C@]4(C)[C@@H]3[C@@H](O)C[C@@]21C)C(C)C)C(=O)O. The van der Waals surface area contributed by atoms with Crippen LogP contribution in [0.25, 0.3) is 0 Å². The third-order valence-electron chi connectivity index (χ3n) is 12.5. The maximum Gasteiger partial charge on any atom is 0.326 e. The average molecular weight is 675 g/mol. The van der Waals surface area contributed by atoms with Crippen LogP contribution in [-0.4, -0.2) is 81.0 Å². The molecule has 12 heteroatoms. The molecule has 268 valence electrons. The van der Waals surface area contributed by atoms with Gasteiger partial charge in [0.05, 0.1) is 12.5 Å². The number of carboxylic acids is 1. The Morgan fingerprint density at radius 1 is 1.00 bits per heavy atom. The molecule has 5 N–H and O–H groups in total. The second-order valence-corrected chi connectivity index (χ2v) is 15.6. The van der Waals surface area contributed by atoms with Crippen molar-refractivity contribution in [2.75, 3.05) is 6.61 Å². The van der Waals surface area contributed by atoms with E-state index in [-0.39, 0.29) is 66.5 Å². The monoisotopic (exact) mass is 674 g/mol. The molecule has 48 heavy (non-hydrogen) atoms. The first-order chi connectivity index (χ1) is 22.4. The van der Waals surface area contributed by atoms with Crippen LogP contribution in [-0.2, 0) is 33.5 Å². The summed E-state index contributed by atoms with van der Waals surface area (Å²) >= 11 is 0. The van der Waals surface area contributed by atoms with Gasteiger partial charge in [-0.15, -0.1) is 0 Å². The van der Waals surface area contributed by atoms with Gasteiger partial charge in [-0.3, -0.25) is 24.0 Å². The molecule has 0 unspecified atom stereocenters. The van der Waals surface area contributed by atoms with Gasteiger partial charge in [0.2, 0.25) is 17.6 Å². The van der Waals surface area contributed by atoms with Gasteiger partial charge in [0.1, 0.15) is 17.7 Å². The van der Waals surface area contributed by atoms with Crippen LogP contribution >= 0.6 is 0 Å². The Bertz CT molecular complexity index is 1340. The molecule has 0 radical (unpaired) electrons. The molecule has 0 heterocycles. The van der Waals surface area contributed by atoms with Gasteiger partial charge in [-0.25, -0.2) is 4.79 Å². The standard InChI is InChI=1S/C36H54N2O10/c1-7-20(4)31(33(45)46)38-32(44)30(19(2)3)37-27(42)10-11-28(43)48-18-26(41)36(47)15-13-24-23-9-8-21-16-22(39)12-14-34(21,5)29(23)25(40)17-35(24,36)6/h16,19-20,23-25,29-31,40,47H,7-15,17-18H2,1-6H3,(H,37,42)(H,38,44)(H,45,46)/t20-,23-,24+,25-,29-,30+,31-,34-,35-,36-/m0/s1. The molecule has 3 saturated carbocycles. The van der Waals surface area contributed by atoms with Crippen molar-refractivity contribution in [1.82, 2.24) is 10.6 Å². The summed E-state index contributed by atoms with van der Waals surface area (Å²) in [5, 5.41) is 38.0. The van der Waals surface area contributed by atoms with Crippen molar-refractivity contribution >= 4 is 35.3 Å². The summed E-state index contributed by atoms with van der Waals surface area (Å²) in [4.78, 5) is 75.5. The zero-order chi connectivity index (χ0) is 35.8. The number of allylic oxidation sites excluding steroid dienone is 1. The first kappa shape index (κ1) is 37.7. The molecule has 0 spiro atoms. The van der Waals surface area contributed by atoms with Crippen molar-refractivity contribution in [1.29, 1.82) is 0 Å². The van der Waals surface area contributed by atoms with Gasteiger partial charge >= 0.3 is 11.9 Å². The van der Waals surface area contributed by atoms with Crippen molar-refractivity contribution in [2.45, 2.75) is 130 Å². The molecule has 0 aliphatic heterocycles. The van der Waals surface area contributed by atoms with Gasteiger partial charge in [0.25, 0.3) is 0 Å². The minimum atomic E-state index is -1.79. The van der Waals surface area contributed by atoms with E-state index in [9.17, 15) is 44.1 Å². The molecule has 12 nitrogen and oxygen atoms in total. The predicted molar refractivity (Wildman–Crippen MR) is 174 cm³/mol. The van der Waals surface area contributed by atoms with Gasteiger partial charge in [-0.2, -0.15) is 0 Å². The number of rotatable bonds is 13. The number of Topliss-reactive ketones (excluding diaryl/α,β-unsaturated/α-hetero) is 1. The predicted octanol–water partition coefficient (Wildman–Crippen LogP) is 2.87. The Kier molecular flexibility index (Phi) is 11.3. The van der Waals surface area contributed by atoms with E-state index in [0.29, 0.717) is 25.7 Å². The Balaban J connectivity index is 1.32. The Morgan fingerprint density at radius 3 is 2.31 bits per heavy atom. The minimum absolute atomic E-state index is 0.0164. The first-order valence-corrected chi connectivity index (χ1v) is 17.5. The summed E-state index contributed by atoms with van der Waals surface area (Å²) in [6.45, 7) is 10.3. The number of nitrogens with one attached hydrogen (secondary N) is 2. The molecule has 2 amide bonds. The van der Waals surface area contributed by atoms with Gasteiger partial charge in [0.15, 0.2) is 12.4 Å². The third kappa shape index (κ3) is 6.97. The molecule has 0 bridgehead atoms. The number of carbonyl (C=O) groups excluding carboxylic acids is 5. The number of hydrogen-bond acceptors (Lipinski definition) is 9. The first-order valence-electron chi connectivity index (χ1n) is 17.5. The van der Waals surface area contributed by atoms with Crippen molar-refractivity contribution in [3.63, 3.8) is 0 Å². The van der Waals surface area contributed by atoms with E-state index in [1.54, 1.807) is 26.8 Å². The van der Waals surface area contributed by atoms with E-state index in [2.05, 4.69) is 17.6 Å². The van der Waals surface area contributed by atoms with Gasteiger partial charge < -0.3 is 30.7 Å². The molecular weight excluding hydrogens is 620 g/mol. The number of aliphatic carboxylic acids is 1. The van der Waals surface area contributed by atoms with Crippen molar-refractivity contribution in [2.24, 2.45) is 40.4 Å². The van der Waals surface area contributed by atoms with Crippen LogP contribution in [0.5, 0.6) is 0 Å². The summed E-state index contributed by atoms with van der Waals surface area (Å²) in [6, 6.07) is -2.13. The second-order valence-electron chi connectivity index (χ2n) is 15.6. The fraction of sp³-hybridized carbons (Fsp3) is 0.778. The van der Waals surface area contributed by atoms with E-state index in [0.717, 1.165) is 18.4 Å². The zero-order valence-electron chi connectivity index (χ0n) is 29.2. The number of aliphatic hydroxyl groups excluding tert-OH is 1. The maximum atomic E-state index is 13.5. The fourth-order valence-corrected chi connectivity index (χ4v) is 9.41. The molecular formula is C36H54N2O10. The molecule has 4 aliphatic carbocycles. The van der Waals surface area contributed by atoms with E-state index >= 15 is 0 Å². The highest BCUT2D eigenvalue weighted by Gasteiger charge is 2.68. The van der Waals surface area contributed by atoms with Gasteiger partial charge in [-0.1, -0.05) is 53.5 Å². The molecule has 4 rings (SSSR count). The fourth-order valence-electron chi connectivity index (χ4n) is 9.41. The summed E-state index contributed by atoms with van der Waals surface area (Å²) in [5.41, 5.74) is -1.90. The summed E-state index contributed by atoms with van der Waals surface area (Å²) in [7, 11) is 0. The van der Waals surface area contributed by atoms with E-state index in [1.165, 1.54) is 0 Å². The van der Waals surface area contributed by atoms with Crippen molar-refractivity contribution in [3.8, 4) is 0 Å². The van der Waals surface area contributed by atoms with E-state index < -0.39 is 65.3 Å². The van der Waals surface area contributed by atoms with Crippen LogP contribution in [0.4, 0.5) is 0 Å². The average Bonchev–Trinajstić information content (AvgIpc) is 3.29. The van der Waals surface area contributed by atoms with Crippen molar-refractivity contribution in [3.05, 3.63) is 11.6 Å². The highest BCUT2D eigenvalue weighted by molar-refractivity contribution is 5.93. The Morgan fingerprint density at radius 2 is 1.69 bits per heavy atom.